The predicted molar refractivity (Wildman–Crippen MR) is 145 cm³/mol. The Morgan fingerprint density at radius 1 is 1.00 bits per heavy atom. The Kier molecular flexibility index (Phi) is 7.70. The lowest BCUT2D eigenvalue weighted by Crippen LogP contribution is -2.41. The van der Waals surface area contributed by atoms with Gasteiger partial charge < -0.3 is 19.9 Å². The number of benzene rings is 1. The number of fused-ring (bicyclic) bond motifs is 2. The van der Waals surface area contributed by atoms with Gasteiger partial charge in [0.15, 0.2) is 0 Å². The van der Waals surface area contributed by atoms with Gasteiger partial charge in [0.2, 0.25) is 0 Å². The van der Waals surface area contributed by atoms with Gasteiger partial charge in [0.05, 0.1) is 5.52 Å². The molecule has 1 aliphatic carbocycles. The maximum Gasteiger partial charge on any atom is 0.410 e. The highest BCUT2D eigenvalue weighted by molar-refractivity contribution is 6.06. The van der Waals surface area contributed by atoms with Gasteiger partial charge in [-0.25, -0.2) is 4.79 Å². The molecule has 1 saturated carbocycles. The van der Waals surface area contributed by atoms with E-state index in [1.54, 1.807) is 6.20 Å². The molecule has 0 bridgehead atoms. The standard InChI is InChI=1S/C30H42N4O3/c1-30(2,3)37-29(36)34-19-22-14-17-33(18-23(22)20-34)16-13-21-9-11-24(12-10-21)32-28(35)26-6-4-8-27-25(26)7-5-15-31-27/h4-8,15,21-24H,9-14,16-20H2,1-3H3,(H,32,35)/t21-,22-,23-,24-/m0/s1. The molecule has 3 heterocycles. The molecular weight excluding hydrogens is 464 g/mol. The molecule has 2 aliphatic heterocycles. The lowest BCUT2D eigenvalue weighted by atomic mass is 9.83. The number of carbonyl (C=O) groups is 2. The third kappa shape index (κ3) is 6.43. The average Bonchev–Trinajstić information content (AvgIpc) is 3.31. The van der Waals surface area contributed by atoms with Crippen molar-refractivity contribution in [3.8, 4) is 0 Å². The minimum Gasteiger partial charge on any atom is -0.444 e. The van der Waals surface area contributed by atoms with E-state index in [4.69, 9.17) is 4.74 Å². The first kappa shape index (κ1) is 26.0. The highest BCUT2D eigenvalue weighted by Gasteiger charge is 2.40. The van der Waals surface area contributed by atoms with E-state index < -0.39 is 5.60 Å². The van der Waals surface area contributed by atoms with Crippen LogP contribution in [0.3, 0.4) is 0 Å². The Labute approximate surface area is 220 Å². The lowest BCUT2D eigenvalue weighted by molar-refractivity contribution is 0.0284. The molecule has 1 aromatic carbocycles. The van der Waals surface area contributed by atoms with Crippen molar-refractivity contribution in [1.29, 1.82) is 0 Å². The summed E-state index contributed by atoms with van der Waals surface area (Å²) in [6.45, 7) is 10.8. The second-order valence-corrected chi connectivity index (χ2v) is 12.4. The number of ether oxygens (including phenoxy) is 1. The van der Waals surface area contributed by atoms with Crippen molar-refractivity contribution < 1.29 is 14.3 Å². The van der Waals surface area contributed by atoms with Gasteiger partial charge >= 0.3 is 6.09 Å². The van der Waals surface area contributed by atoms with Gasteiger partial charge in [-0.05, 0) is 108 Å². The van der Waals surface area contributed by atoms with E-state index in [0.717, 1.165) is 62.4 Å². The first-order valence-electron chi connectivity index (χ1n) is 14.1. The molecule has 200 valence electrons. The van der Waals surface area contributed by atoms with E-state index in [0.29, 0.717) is 17.4 Å². The first-order chi connectivity index (χ1) is 17.7. The van der Waals surface area contributed by atoms with Crippen LogP contribution in [-0.2, 0) is 4.74 Å². The van der Waals surface area contributed by atoms with E-state index in [9.17, 15) is 9.59 Å². The average molecular weight is 507 g/mol. The molecule has 2 saturated heterocycles. The van der Waals surface area contributed by atoms with Crippen molar-refractivity contribution in [2.24, 2.45) is 17.8 Å². The van der Waals surface area contributed by atoms with E-state index >= 15 is 0 Å². The topological polar surface area (TPSA) is 74.8 Å². The van der Waals surface area contributed by atoms with Crippen molar-refractivity contribution in [2.75, 3.05) is 32.7 Å². The predicted octanol–water partition coefficient (Wildman–Crippen LogP) is 5.10. The van der Waals surface area contributed by atoms with Crippen LogP contribution in [0.4, 0.5) is 4.79 Å². The minimum atomic E-state index is -0.438. The first-order valence-corrected chi connectivity index (χ1v) is 14.1. The van der Waals surface area contributed by atoms with E-state index in [-0.39, 0.29) is 18.0 Å². The fourth-order valence-electron chi connectivity index (χ4n) is 6.45. The molecule has 3 aliphatic rings. The largest absolute Gasteiger partial charge is 0.444 e. The van der Waals surface area contributed by atoms with Crippen LogP contribution >= 0.6 is 0 Å². The summed E-state index contributed by atoms with van der Waals surface area (Å²) in [7, 11) is 0. The summed E-state index contributed by atoms with van der Waals surface area (Å²) in [5, 5.41) is 4.20. The summed E-state index contributed by atoms with van der Waals surface area (Å²) in [4.78, 5) is 34.4. The number of likely N-dealkylation sites (tertiary alicyclic amines) is 2. The minimum absolute atomic E-state index is 0.0157. The summed E-state index contributed by atoms with van der Waals surface area (Å²) >= 11 is 0. The number of hydrogen-bond acceptors (Lipinski definition) is 5. The third-order valence-electron chi connectivity index (χ3n) is 8.46. The lowest BCUT2D eigenvalue weighted by Gasteiger charge is -2.36. The van der Waals surface area contributed by atoms with Crippen LogP contribution < -0.4 is 5.32 Å². The zero-order valence-electron chi connectivity index (χ0n) is 22.6. The number of hydrogen-bond donors (Lipinski definition) is 1. The number of rotatable bonds is 5. The van der Waals surface area contributed by atoms with Gasteiger partial charge in [0.1, 0.15) is 5.60 Å². The van der Waals surface area contributed by atoms with Crippen molar-refractivity contribution in [3.63, 3.8) is 0 Å². The molecule has 0 spiro atoms. The smallest absolute Gasteiger partial charge is 0.410 e. The zero-order valence-corrected chi connectivity index (χ0v) is 22.6. The number of carbonyl (C=O) groups excluding carboxylic acids is 2. The van der Waals surface area contributed by atoms with Crippen molar-refractivity contribution in [3.05, 3.63) is 42.1 Å². The van der Waals surface area contributed by atoms with Crippen LogP contribution in [0.15, 0.2) is 36.5 Å². The molecule has 37 heavy (non-hydrogen) atoms. The second kappa shape index (κ2) is 11.0. The summed E-state index contributed by atoms with van der Waals surface area (Å²) in [5.41, 5.74) is 1.14. The van der Waals surface area contributed by atoms with Crippen LogP contribution in [0, 0.1) is 17.8 Å². The molecule has 3 fully saturated rings. The van der Waals surface area contributed by atoms with E-state index in [2.05, 4.69) is 15.2 Å². The number of nitrogens with one attached hydrogen (secondary N) is 1. The van der Waals surface area contributed by atoms with Crippen LogP contribution in [0.5, 0.6) is 0 Å². The molecule has 2 atom stereocenters. The molecule has 1 aromatic heterocycles. The van der Waals surface area contributed by atoms with Crippen LogP contribution in [0.2, 0.25) is 0 Å². The van der Waals surface area contributed by atoms with Gasteiger partial charge in [-0.15, -0.1) is 0 Å². The molecule has 0 radical (unpaired) electrons. The van der Waals surface area contributed by atoms with Gasteiger partial charge in [-0.3, -0.25) is 9.78 Å². The number of aromatic nitrogens is 1. The normalized spacial score (nSPS) is 26.6. The van der Waals surface area contributed by atoms with E-state index in [1.807, 2.05) is 56.0 Å². The Morgan fingerprint density at radius 2 is 1.78 bits per heavy atom. The zero-order chi connectivity index (χ0) is 26.0. The summed E-state index contributed by atoms with van der Waals surface area (Å²) in [5.74, 6) is 1.92. The fraction of sp³-hybridized carbons (Fsp3) is 0.633. The molecule has 5 rings (SSSR count). The third-order valence-corrected chi connectivity index (χ3v) is 8.46. The monoisotopic (exact) mass is 506 g/mol. The fourth-order valence-corrected chi connectivity index (χ4v) is 6.45. The van der Waals surface area contributed by atoms with Crippen molar-refractivity contribution in [1.82, 2.24) is 20.1 Å². The Bertz CT molecular complexity index is 1100. The Morgan fingerprint density at radius 3 is 2.57 bits per heavy atom. The van der Waals surface area contributed by atoms with Crippen LogP contribution in [-0.4, -0.2) is 71.2 Å². The summed E-state index contributed by atoms with van der Waals surface area (Å²) in [6.07, 6.45) is 8.46. The van der Waals surface area contributed by atoms with E-state index in [1.165, 1.54) is 25.7 Å². The Hall–Kier alpha value is -2.67. The number of nitrogens with zero attached hydrogens (tertiary/aromatic N) is 3. The number of piperidine rings is 1. The number of amides is 2. The SMILES string of the molecule is CC(C)(C)OC(=O)N1C[C@@H]2CCN(CC[C@H]3CC[C@H](NC(=O)c4cccc5ncccc45)CC3)C[C@H]2C1. The number of pyridine rings is 1. The maximum absolute atomic E-state index is 13.0. The molecule has 7 nitrogen and oxygen atoms in total. The van der Waals surface area contributed by atoms with Crippen molar-refractivity contribution >= 4 is 22.9 Å². The molecular formula is C30H42N4O3. The highest BCUT2D eigenvalue weighted by Crippen LogP contribution is 2.33. The summed E-state index contributed by atoms with van der Waals surface area (Å²) in [6, 6.07) is 9.86. The van der Waals surface area contributed by atoms with Gasteiger partial charge in [0.25, 0.3) is 5.91 Å². The second-order valence-electron chi connectivity index (χ2n) is 12.4. The Balaban J connectivity index is 1.04. The molecule has 0 unspecified atom stereocenters. The maximum atomic E-state index is 13.0. The van der Waals surface area contributed by atoms with Crippen LogP contribution in [0.25, 0.3) is 10.9 Å². The molecule has 1 N–H and O–H groups in total. The molecule has 7 heteroatoms. The summed E-state index contributed by atoms with van der Waals surface area (Å²) < 4.78 is 5.60. The van der Waals surface area contributed by atoms with Gasteiger partial charge in [0, 0.05) is 42.8 Å². The highest BCUT2D eigenvalue weighted by atomic mass is 16.6. The van der Waals surface area contributed by atoms with Gasteiger partial charge in [-0.1, -0.05) is 12.1 Å². The molecule has 2 amide bonds. The van der Waals surface area contributed by atoms with Crippen molar-refractivity contribution in [2.45, 2.75) is 70.9 Å². The van der Waals surface area contributed by atoms with Crippen LogP contribution in [0.1, 0.15) is 69.7 Å². The van der Waals surface area contributed by atoms with Gasteiger partial charge in [-0.2, -0.15) is 0 Å². The molecule has 2 aromatic rings. The quantitative estimate of drug-likeness (QED) is 0.611.